The third-order valence-electron chi connectivity index (χ3n) is 3.45. The minimum absolute atomic E-state index is 0.00870. The Kier molecular flexibility index (Phi) is 3.17. The Morgan fingerprint density at radius 2 is 1.94 bits per heavy atom. The van der Waals surface area contributed by atoms with Gasteiger partial charge in [0.25, 0.3) is 5.91 Å². The van der Waals surface area contributed by atoms with Crippen LogP contribution in [-0.4, -0.2) is 28.9 Å². The Morgan fingerprint density at radius 3 is 2.50 bits per heavy atom. The molecule has 2 aliphatic rings. The van der Waals surface area contributed by atoms with Crippen LogP contribution in [0.1, 0.15) is 46.0 Å². The molecule has 1 atom stereocenters. The maximum Gasteiger partial charge on any atom is 0.325 e. The molecule has 0 radical (unpaired) electrons. The second kappa shape index (κ2) is 4.44. The summed E-state index contributed by atoms with van der Waals surface area (Å²) in [6, 6.07) is -0.305. The van der Waals surface area contributed by atoms with Crippen molar-refractivity contribution >= 4 is 11.9 Å². The van der Waals surface area contributed by atoms with E-state index in [1.165, 1.54) is 4.90 Å². The number of amides is 3. The SMILES string of the molecule is CC(C)CC1NC(=O)N(C2CCCC2)C1=O. The molecule has 2 rings (SSSR count). The average Bonchev–Trinajstić information content (AvgIpc) is 2.76. The zero-order chi connectivity index (χ0) is 11.7. The molecule has 0 aromatic rings. The van der Waals surface area contributed by atoms with Crippen molar-refractivity contribution in [1.29, 1.82) is 0 Å². The molecule has 1 N–H and O–H groups in total. The van der Waals surface area contributed by atoms with Crippen LogP contribution in [0.15, 0.2) is 0 Å². The molecule has 0 aromatic carbocycles. The standard InChI is InChI=1S/C12H20N2O2/c1-8(2)7-10-11(15)14(12(16)13-10)9-5-3-4-6-9/h8-10H,3-7H2,1-2H3,(H,13,16). The third kappa shape index (κ3) is 2.06. The smallest absolute Gasteiger partial charge is 0.325 e. The van der Waals surface area contributed by atoms with Gasteiger partial charge < -0.3 is 5.32 Å². The third-order valence-corrected chi connectivity index (χ3v) is 3.45. The van der Waals surface area contributed by atoms with E-state index in [1.54, 1.807) is 0 Å². The summed E-state index contributed by atoms with van der Waals surface area (Å²) in [6.07, 6.45) is 4.97. The van der Waals surface area contributed by atoms with Gasteiger partial charge in [-0.2, -0.15) is 0 Å². The van der Waals surface area contributed by atoms with Gasteiger partial charge in [-0.15, -0.1) is 0 Å². The summed E-state index contributed by atoms with van der Waals surface area (Å²) < 4.78 is 0. The van der Waals surface area contributed by atoms with E-state index in [0.29, 0.717) is 5.92 Å². The van der Waals surface area contributed by atoms with Gasteiger partial charge in [-0.1, -0.05) is 26.7 Å². The fourth-order valence-electron chi connectivity index (χ4n) is 2.69. The second-order valence-electron chi connectivity index (χ2n) is 5.28. The van der Waals surface area contributed by atoms with Crippen molar-refractivity contribution in [1.82, 2.24) is 10.2 Å². The number of rotatable bonds is 3. The van der Waals surface area contributed by atoms with Crippen LogP contribution in [0.3, 0.4) is 0 Å². The van der Waals surface area contributed by atoms with Crippen molar-refractivity contribution < 1.29 is 9.59 Å². The van der Waals surface area contributed by atoms with E-state index in [0.717, 1.165) is 32.1 Å². The minimum Gasteiger partial charge on any atom is -0.326 e. The van der Waals surface area contributed by atoms with E-state index in [9.17, 15) is 9.59 Å². The lowest BCUT2D eigenvalue weighted by Gasteiger charge is -2.20. The van der Waals surface area contributed by atoms with Crippen LogP contribution >= 0.6 is 0 Å². The van der Waals surface area contributed by atoms with Gasteiger partial charge in [-0.25, -0.2) is 4.79 Å². The molecular weight excluding hydrogens is 204 g/mol. The van der Waals surface area contributed by atoms with Crippen molar-refractivity contribution in [2.24, 2.45) is 5.92 Å². The van der Waals surface area contributed by atoms with Crippen molar-refractivity contribution in [2.45, 2.75) is 58.0 Å². The number of urea groups is 1. The van der Waals surface area contributed by atoms with Crippen LogP contribution in [0.5, 0.6) is 0 Å². The molecule has 2 fully saturated rings. The second-order valence-corrected chi connectivity index (χ2v) is 5.28. The van der Waals surface area contributed by atoms with Crippen LogP contribution in [0.2, 0.25) is 0 Å². The van der Waals surface area contributed by atoms with Gasteiger partial charge >= 0.3 is 6.03 Å². The first kappa shape index (κ1) is 11.4. The monoisotopic (exact) mass is 224 g/mol. The van der Waals surface area contributed by atoms with E-state index in [4.69, 9.17) is 0 Å². The molecule has 0 aromatic heterocycles. The zero-order valence-electron chi connectivity index (χ0n) is 10.0. The van der Waals surface area contributed by atoms with E-state index in [1.807, 2.05) is 0 Å². The topological polar surface area (TPSA) is 49.4 Å². The lowest BCUT2D eigenvalue weighted by Crippen LogP contribution is -2.39. The molecule has 90 valence electrons. The molecule has 4 heteroatoms. The first-order valence-corrected chi connectivity index (χ1v) is 6.23. The summed E-state index contributed by atoms with van der Waals surface area (Å²) in [5, 5.41) is 2.80. The normalized spacial score (nSPS) is 26.9. The Bertz CT molecular complexity index is 295. The maximum absolute atomic E-state index is 12.1. The summed E-state index contributed by atoms with van der Waals surface area (Å²) in [6.45, 7) is 4.13. The zero-order valence-corrected chi connectivity index (χ0v) is 10.0. The van der Waals surface area contributed by atoms with Gasteiger partial charge in [0.15, 0.2) is 0 Å². The van der Waals surface area contributed by atoms with E-state index in [-0.39, 0.29) is 24.0 Å². The average molecular weight is 224 g/mol. The Hall–Kier alpha value is -1.06. The van der Waals surface area contributed by atoms with E-state index < -0.39 is 0 Å². The number of hydrogen-bond donors (Lipinski definition) is 1. The summed E-state index contributed by atoms with van der Waals surface area (Å²) in [5.41, 5.74) is 0. The van der Waals surface area contributed by atoms with E-state index >= 15 is 0 Å². The first-order chi connectivity index (χ1) is 7.59. The molecule has 1 saturated carbocycles. The largest absolute Gasteiger partial charge is 0.326 e. The molecule has 1 aliphatic heterocycles. The minimum atomic E-state index is -0.284. The van der Waals surface area contributed by atoms with Crippen LogP contribution < -0.4 is 5.32 Å². The molecule has 1 aliphatic carbocycles. The van der Waals surface area contributed by atoms with Gasteiger partial charge in [-0.05, 0) is 25.2 Å². The lowest BCUT2D eigenvalue weighted by molar-refractivity contribution is -0.129. The first-order valence-electron chi connectivity index (χ1n) is 6.23. The summed E-state index contributed by atoms with van der Waals surface area (Å²) >= 11 is 0. The Morgan fingerprint density at radius 1 is 1.31 bits per heavy atom. The number of carbonyl (C=O) groups excluding carboxylic acids is 2. The lowest BCUT2D eigenvalue weighted by atomic mass is 10.0. The number of nitrogens with one attached hydrogen (secondary N) is 1. The predicted octanol–water partition coefficient (Wildman–Crippen LogP) is 1.90. The van der Waals surface area contributed by atoms with Crippen molar-refractivity contribution in [3.63, 3.8) is 0 Å². The highest BCUT2D eigenvalue weighted by Gasteiger charge is 2.42. The summed E-state index contributed by atoms with van der Waals surface area (Å²) in [5.74, 6) is 0.420. The Labute approximate surface area is 96.4 Å². The summed E-state index contributed by atoms with van der Waals surface area (Å²) in [7, 11) is 0. The number of imide groups is 1. The van der Waals surface area contributed by atoms with Crippen LogP contribution in [0.4, 0.5) is 4.79 Å². The highest BCUT2D eigenvalue weighted by Crippen LogP contribution is 2.27. The van der Waals surface area contributed by atoms with Gasteiger partial charge in [0.05, 0.1) is 0 Å². The number of carbonyl (C=O) groups is 2. The molecule has 3 amide bonds. The highest BCUT2D eigenvalue weighted by molar-refractivity contribution is 6.04. The maximum atomic E-state index is 12.1. The molecule has 16 heavy (non-hydrogen) atoms. The van der Waals surface area contributed by atoms with Crippen LogP contribution in [0, 0.1) is 5.92 Å². The molecule has 1 unspecified atom stereocenters. The highest BCUT2D eigenvalue weighted by atomic mass is 16.2. The van der Waals surface area contributed by atoms with Gasteiger partial charge in [0.2, 0.25) is 0 Å². The summed E-state index contributed by atoms with van der Waals surface area (Å²) in [4.78, 5) is 25.3. The molecule has 4 nitrogen and oxygen atoms in total. The van der Waals surface area contributed by atoms with Crippen molar-refractivity contribution in [2.75, 3.05) is 0 Å². The number of hydrogen-bond acceptors (Lipinski definition) is 2. The van der Waals surface area contributed by atoms with Gasteiger partial charge in [-0.3, -0.25) is 9.69 Å². The van der Waals surface area contributed by atoms with Gasteiger partial charge in [0, 0.05) is 6.04 Å². The molecule has 0 spiro atoms. The Balaban J connectivity index is 2.04. The van der Waals surface area contributed by atoms with Crippen molar-refractivity contribution in [3.05, 3.63) is 0 Å². The predicted molar refractivity (Wildman–Crippen MR) is 60.9 cm³/mol. The van der Waals surface area contributed by atoms with Crippen molar-refractivity contribution in [3.8, 4) is 0 Å². The molecule has 1 heterocycles. The van der Waals surface area contributed by atoms with Crippen LogP contribution in [-0.2, 0) is 4.79 Å². The molecule has 1 saturated heterocycles. The molecular formula is C12H20N2O2. The fraction of sp³-hybridized carbons (Fsp3) is 0.833. The fourth-order valence-corrected chi connectivity index (χ4v) is 2.69. The van der Waals surface area contributed by atoms with Gasteiger partial charge in [0.1, 0.15) is 6.04 Å². The molecule has 0 bridgehead atoms. The van der Waals surface area contributed by atoms with E-state index in [2.05, 4.69) is 19.2 Å². The number of nitrogens with zero attached hydrogens (tertiary/aromatic N) is 1. The van der Waals surface area contributed by atoms with Crippen LogP contribution in [0.25, 0.3) is 0 Å². The quantitative estimate of drug-likeness (QED) is 0.744.